The fourth-order valence-electron chi connectivity index (χ4n) is 18.8. The van der Waals surface area contributed by atoms with Gasteiger partial charge in [0.2, 0.25) is 15.1 Å². The van der Waals surface area contributed by atoms with Gasteiger partial charge in [0.1, 0.15) is 34.6 Å². The van der Waals surface area contributed by atoms with Crippen molar-refractivity contribution in [3.05, 3.63) is 199 Å². The Kier molecular flexibility index (Phi) is 37.5. The van der Waals surface area contributed by atoms with E-state index in [0.29, 0.717) is 48.9 Å². The van der Waals surface area contributed by atoms with Gasteiger partial charge in [0.05, 0.1) is 32.3 Å². The second-order valence-electron chi connectivity index (χ2n) is 43.9. The quantitative estimate of drug-likeness (QED) is 0.0820. The number of Topliss-reactive ketones (excluding diaryl/α,β-unsaturated/α-hetero) is 7. The molecule has 1 atom stereocenters. The third-order valence-corrected chi connectivity index (χ3v) is 30.2. The van der Waals surface area contributed by atoms with E-state index in [1.807, 2.05) is 190 Å². The summed E-state index contributed by atoms with van der Waals surface area (Å²) in [6.07, 6.45) is 12.6. The Morgan fingerprint density at radius 1 is 0.515 bits per heavy atom. The molecule has 1 unspecified atom stereocenters. The number of carbonyl (C=O) groups excluding carboxylic acids is 7. The van der Waals surface area contributed by atoms with E-state index in [9.17, 15) is 63.6 Å². The van der Waals surface area contributed by atoms with Gasteiger partial charge in [-0.1, -0.05) is 299 Å². The molecular formula is C107H151ClF3N3O13S3. The molecule has 7 aromatic rings. The number of thiazole rings is 1. The maximum absolute atomic E-state index is 13.1. The van der Waals surface area contributed by atoms with Gasteiger partial charge in [-0.05, 0) is 188 Å². The minimum absolute atomic E-state index is 0. The highest BCUT2D eigenvalue weighted by Gasteiger charge is 2.57. The summed E-state index contributed by atoms with van der Waals surface area (Å²) >= 11 is 7.24. The van der Waals surface area contributed by atoms with E-state index in [1.165, 1.54) is 65.7 Å². The summed E-state index contributed by atoms with van der Waals surface area (Å²) in [6, 6.07) is 41.4. The molecule has 16 nitrogen and oxygen atoms in total. The van der Waals surface area contributed by atoms with Gasteiger partial charge in [0.15, 0.2) is 34.6 Å². The number of piperidine rings is 2. The lowest BCUT2D eigenvalue weighted by molar-refractivity contribution is -0.152. The molecule has 2 saturated heterocycles. The molecule has 2 aliphatic heterocycles. The molecule has 5 saturated carbocycles. The lowest BCUT2D eigenvalue weighted by Crippen LogP contribution is -2.52. The van der Waals surface area contributed by atoms with Crippen molar-refractivity contribution < 1.29 is 72.7 Å². The molecule has 130 heavy (non-hydrogen) atoms. The highest BCUT2D eigenvalue weighted by molar-refractivity contribution is 7.89. The van der Waals surface area contributed by atoms with Crippen LogP contribution in [0.5, 0.6) is 5.75 Å². The van der Waals surface area contributed by atoms with Crippen molar-refractivity contribution in [1.29, 1.82) is 0 Å². The standard InChI is InChI=1S/C19H22O.C17H23ClO.C16H23NO3S.C15H23NO4S.C15H24O.C14H20O2.C10H12F3NOS.CH4/c1-18(2,3)17(20)19(4,15-11-7-5-8-12-15)16-13-9-6-10-14-16;1-12-7-8-13(14(18)11-12)17(9-5-6-10-17)15(19)16(2,3)4;1-16(2,3)15(18)14-11-7-8-12-17(14)21(19,20)13-9-5-4-6-10-13;1-11-12(14(17)15(2,3)4)10-13(20-11)21(18,19)16-8-6-5-7-9-16;1-14(2,3)13(16)15-7-10-4-11(8-15)6-12(5-10)9-15;1-10-6-7-12(11(2)8-10)16-9-13(15)14(3,4)5;1-5-14-7(10(11,12)13)6(16-5)8(15)9(2,3)4;/h5-14H,1-4H3;7-8,11H,5-6,9-10H2,1-4H3;4-6,9-10,14H,7-8,11-12H2,1-3H3;10H,5-9H2,1-4H3;10-12H,4-9H2,1-3H3;6-8H,9H2,1-5H3;1-4H3;1H4. The summed E-state index contributed by atoms with van der Waals surface area (Å²) < 4.78 is 102. The zero-order chi connectivity index (χ0) is 97.2. The summed E-state index contributed by atoms with van der Waals surface area (Å²) in [6.45, 7) is 52.5. The number of ketones is 7. The second-order valence-corrected chi connectivity index (χ2v) is 49.3. The number of halogens is 4. The number of alkyl halides is 3. The molecule has 5 aliphatic carbocycles. The number of nitrogens with zero attached hydrogens (tertiary/aromatic N) is 3. The van der Waals surface area contributed by atoms with Gasteiger partial charge in [0, 0.05) is 74.0 Å². The molecule has 7 aliphatic rings. The lowest BCUT2D eigenvalue weighted by Gasteiger charge is -2.57. The van der Waals surface area contributed by atoms with Gasteiger partial charge in [-0.3, -0.25) is 33.6 Å². The highest BCUT2D eigenvalue weighted by Crippen LogP contribution is 2.62. The number of sulfonamides is 2. The van der Waals surface area contributed by atoms with Crippen LogP contribution in [-0.2, 0) is 61.0 Å². The molecule has 0 spiro atoms. The van der Waals surface area contributed by atoms with Crippen LogP contribution in [0.1, 0.15) is 332 Å². The molecule has 7 fully saturated rings. The van der Waals surface area contributed by atoms with Crippen LogP contribution < -0.4 is 4.74 Å². The summed E-state index contributed by atoms with van der Waals surface area (Å²) in [5, 5.41) is 0.883. The first-order valence-corrected chi connectivity index (χ1v) is 49.9. The minimum Gasteiger partial charge on any atom is -0.486 e. The summed E-state index contributed by atoms with van der Waals surface area (Å²) in [5.41, 5.74) is 1.87. The predicted octanol–water partition coefficient (Wildman–Crippen LogP) is 27.0. The smallest absolute Gasteiger partial charge is 0.434 e. The van der Waals surface area contributed by atoms with E-state index in [4.69, 9.17) is 20.8 Å². The Morgan fingerprint density at radius 3 is 1.41 bits per heavy atom. The molecule has 0 N–H and O–H groups in total. The first-order chi connectivity index (χ1) is 59.2. The maximum atomic E-state index is 13.1. The topological polar surface area (TPSA) is 230 Å². The molecule has 2 aromatic heterocycles. The fraction of sp³-hybridized carbons (Fsp3) is 0.589. The minimum atomic E-state index is -4.57. The highest BCUT2D eigenvalue weighted by atomic mass is 35.5. The number of aryl methyl sites for hydroxylation is 5. The molecule has 718 valence electrons. The largest absolute Gasteiger partial charge is 0.486 e. The summed E-state index contributed by atoms with van der Waals surface area (Å²) in [5.74, 6) is 4.45. The van der Waals surface area contributed by atoms with Crippen LogP contribution in [0.4, 0.5) is 13.2 Å². The Morgan fingerprint density at radius 2 is 0.977 bits per heavy atom. The number of benzene rings is 5. The number of furan rings is 1. The Bertz CT molecular complexity index is 5190. The van der Waals surface area contributed by atoms with E-state index >= 15 is 0 Å². The van der Waals surface area contributed by atoms with Crippen molar-refractivity contribution in [1.82, 2.24) is 13.6 Å². The van der Waals surface area contributed by atoms with Crippen LogP contribution in [0.25, 0.3) is 0 Å². The van der Waals surface area contributed by atoms with Crippen LogP contribution in [0.15, 0.2) is 148 Å². The van der Waals surface area contributed by atoms with Crippen molar-refractivity contribution in [2.24, 2.45) is 61.1 Å². The van der Waals surface area contributed by atoms with Gasteiger partial charge in [-0.2, -0.15) is 21.8 Å². The number of hydrogen-bond acceptors (Lipinski definition) is 15. The predicted molar refractivity (Wildman–Crippen MR) is 520 cm³/mol. The number of carbonyl (C=O) groups is 7. The first kappa shape index (κ1) is 111. The number of hydrogen-bond donors (Lipinski definition) is 0. The second kappa shape index (κ2) is 43.8. The van der Waals surface area contributed by atoms with E-state index in [2.05, 4.69) is 44.0 Å². The van der Waals surface area contributed by atoms with Crippen LogP contribution in [0.2, 0.25) is 5.02 Å². The van der Waals surface area contributed by atoms with E-state index in [0.717, 1.165) is 125 Å². The number of ether oxygens (including phenoxy) is 1. The van der Waals surface area contributed by atoms with Gasteiger partial charge in [-0.25, -0.2) is 21.8 Å². The third kappa shape index (κ3) is 28.3. The zero-order valence-corrected chi connectivity index (χ0v) is 85.2. The summed E-state index contributed by atoms with van der Waals surface area (Å²) in [4.78, 5) is 90.6. The van der Waals surface area contributed by atoms with Crippen molar-refractivity contribution in [2.45, 2.75) is 330 Å². The molecule has 5 aromatic carbocycles. The Hall–Kier alpha value is -7.60. The van der Waals surface area contributed by atoms with E-state index in [1.54, 1.807) is 78.8 Å². The Balaban J connectivity index is 0.000000234. The SMILES string of the molecule is C.CC(C)(C)C(=O)C(C)(c1ccccc1)c1ccccc1.CC(C)(C)C(=O)C12CC3CC(CC(C3)C1)C2.CC(C)(C)C(=O)C1CCCCN1S(=O)(=O)c1ccccc1.Cc1ccc(C2(C(=O)C(C)(C)C)CCCC2)c(Cl)c1.Cc1ccc(OCC(=O)C(C)(C)C)c(C)c1.Cc1nc(C(F)(F)F)c(C(=O)C(C)(C)C)s1.Cc1oc(S(=O)(=O)N2CCCCC2)cc1C(=O)C(C)(C)C. The summed E-state index contributed by atoms with van der Waals surface area (Å²) in [7, 11) is -7.23. The molecule has 14 rings (SSSR count). The lowest BCUT2D eigenvalue weighted by atomic mass is 9.47. The zero-order valence-electron chi connectivity index (χ0n) is 82.0. The van der Waals surface area contributed by atoms with Crippen molar-refractivity contribution >= 4 is 83.5 Å². The fourth-order valence-corrected chi connectivity index (χ4v) is 23.5. The van der Waals surface area contributed by atoms with Crippen LogP contribution in [0.3, 0.4) is 0 Å². The van der Waals surface area contributed by atoms with Gasteiger partial charge in [-0.15, -0.1) is 11.3 Å². The van der Waals surface area contributed by atoms with E-state index < -0.39 is 65.4 Å². The normalized spacial score (nSPS) is 19.6. The third-order valence-electron chi connectivity index (χ3n) is 25.2. The maximum Gasteiger partial charge on any atom is 0.434 e. The molecule has 0 radical (unpaired) electrons. The van der Waals surface area contributed by atoms with Gasteiger partial charge in [0.25, 0.3) is 10.0 Å². The molecule has 4 heterocycles. The molecule has 23 heteroatoms. The number of rotatable bonds is 16. The van der Waals surface area contributed by atoms with E-state index in [-0.39, 0.29) is 89.5 Å². The monoisotopic (exact) mass is 1870 g/mol. The molecular weight excluding hydrogens is 1720 g/mol. The van der Waals surface area contributed by atoms with Crippen LogP contribution >= 0.6 is 22.9 Å². The molecule has 4 bridgehead atoms. The van der Waals surface area contributed by atoms with Gasteiger partial charge >= 0.3 is 6.18 Å². The van der Waals surface area contributed by atoms with Crippen LogP contribution in [0, 0.1) is 95.7 Å². The van der Waals surface area contributed by atoms with Crippen LogP contribution in [-0.4, -0.2) is 103 Å². The van der Waals surface area contributed by atoms with Crippen molar-refractivity contribution in [3.63, 3.8) is 0 Å². The first-order valence-electron chi connectivity index (χ1n) is 45.9. The van der Waals surface area contributed by atoms with Crippen molar-refractivity contribution in [2.75, 3.05) is 26.2 Å². The van der Waals surface area contributed by atoms with Crippen molar-refractivity contribution in [3.8, 4) is 5.75 Å². The molecule has 0 amide bonds. The Labute approximate surface area is 786 Å². The average molecular weight is 1880 g/mol. The number of aromatic nitrogens is 1. The average Bonchev–Trinajstić information content (AvgIpc) is 1.01. The van der Waals surface area contributed by atoms with Gasteiger partial charge < -0.3 is 9.15 Å².